The van der Waals surface area contributed by atoms with Crippen LogP contribution in [-0.4, -0.2) is 43.2 Å². The van der Waals surface area contributed by atoms with Crippen LogP contribution in [0.4, 0.5) is 4.39 Å². The summed E-state index contributed by atoms with van der Waals surface area (Å²) in [5.41, 5.74) is 14.8. The van der Waals surface area contributed by atoms with E-state index in [-0.39, 0.29) is 24.0 Å². The van der Waals surface area contributed by atoms with Crippen molar-refractivity contribution in [3.63, 3.8) is 0 Å². The summed E-state index contributed by atoms with van der Waals surface area (Å²) in [6, 6.07) is 56.0. The van der Waals surface area contributed by atoms with E-state index in [1.165, 1.54) is 24.3 Å². The number of benzene rings is 5. The molecule has 3 aliphatic rings. The van der Waals surface area contributed by atoms with Gasteiger partial charge in [0.15, 0.2) is 0 Å². The third kappa shape index (κ3) is 8.48. The standard InChI is InChI=1S/C60H51FN4O3/c61-46-28-25-43(26-29-46)59(66)68-38-60(67)36-14-13-23-45(60)27-24-44-37-53-56(41-19-9-3-10-20-41)51-33-32-49(63-51)54(39-15-5-1-6-16-39)47-30-31-48(62-47)55(40-17-7-2-8-18-40)50-34-35-52(64-50)57(58(44)65-53)42-21-11-4-12-22-42/h1-12,15-22,25-26,28-35,44-45,63-64,67H,13-14,23-24,27,36-38H2/t44-,45-,60-/m1/s1. The second kappa shape index (κ2) is 18.5. The molecule has 8 bridgehead atoms. The topological polar surface area (TPSA) is 104 Å². The monoisotopic (exact) mass is 894 g/mol. The molecular weight excluding hydrogens is 844 g/mol. The molecule has 1 saturated carbocycles. The normalized spacial score (nSPS) is 17.8. The number of rotatable bonds is 10. The minimum absolute atomic E-state index is 0.0216. The first-order valence-electron chi connectivity index (χ1n) is 23.7. The number of esters is 1. The Hall–Kier alpha value is -7.68. The van der Waals surface area contributed by atoms with E-state index in [2.05, 4.69) is 143 Å². The lowest BCUT2D eigenvalue weighted by Crippen LogP contribution is -2.45. The van der Waals surface area contributed by atoms with E-state index in [4.69, 9.17) is 14.7 Å². The minimum atomic E-state index is -1.20. The summed E-state index contributed by atoms with van der Waals surface area (Å²) in [4.78, 5) is 32.1. The Labute approximate surface area is 395 Å². The highest BCUT2D eigenvalue weighted by Crippen LogP contribution is 2.45. The molecule has 3 aromatic heterocycles. The van der Waals surface area contributed by atoms with Crippen molar-refractivity contribution in [2.24, 2.45) is 5.92 Å². The second-order valence-electron chi connectivity index (χ2n) is 18.3. The zero-order valence-electron chi connectivity index (χ0n) is 37.7. The van der Waals surface area contributed by atoms with Gasteiger partial charge in [0.05, 0.1) is 28.3 Å². The number of aromatic amines is 2. The lowest BCUT2D eigenvalue weighted by Gasteiger charge is -2.40. The first kappa shape index (κ1) is 42.9. The summed E-state index contributed by atoms with van der Waals surface area (Å²) in [6.07, 6.45) is 9.56. The largest absolute Gasteiger partial charge is 0.459 e. The number of carbonyl (C=O) groups is 1. The molecule has 68 heavy (non-hydrogen) atoms. The first-order chi connectivity index (χ1) is 33.4. The molecule has 0 unspecified atom stereocenters. The van der Waals surface area contributed by atoms with Crippen LogP contribution in [0.25, 0.3) is 78.7 Å². The third-order valence-corrected chi connectivity index (χ3v) is 14.0. The maximum absolute atomic E-state index is 13.7. The average molecular weight is 895 g/mol. The number of hydrogen-bond acceptors (Lipinski definition) is 5. The van der Waals surface area contributed by atoms with Gasteiger partial charge in [0.1, 0.15) is 18.0 Å². The van der Waals surface area contributed by atoms with Gasteiger partial charge in [-0.05, 0) is 121 Å². The number of aliphatic hydroxyl groups is 1. The van der Waals surface area contributed by atoms with Crippen molar-refractivity contribution in [3.05, 3.63) is 204 Å². The van der Waals surface area contributed by atoms with Crippen LogP contribution in [0.15, 0.2) is 170 Å². The highest BCUT2D eigenvalue weighted by Gasteiger charge is 2.41. The predicted molar refractivity (Wildman–Crippen MR) is 271 cm³/mol. The molecular formula is C60H51FN4O3. The van der Waals surface area contributed by atoms with E-state index in [1.807, 2.05) is 24.3 Å². The quantitative estimate of drug-likeness (QED) is 0.119. The van der Waals surface area contributed by atoms with Gasteiger partial charge in [0.2, 0.25) is 0 Å². The summed E-state index contributed by atoms with van der Waals surface area (Å²) in [6.45, 7) is -0.119. The van der Waals surface area contributed by atoms with Crippen molar-refractivity contribution in [2.75, 3.05) is 6.61 Å². The van der Waals surface area contributed by atoms with Crippen molar-refractivity contribution in [1.82, 2.24) is 19.9 Å². The van der Waals surface area contributed by atoms with Gasteiger partial charge in [0, 0.05) is 50.2 Å². The fourth-order valence-corrected chi connectivity index (χ4v) is 10.7. The highest BCUT2D eigenvalue weighted by atomic mass is 19.1. The smallest absolute Gasteiger partial charge is 0.338 e. The molecule has 3 N–H and O–H groups in total. The number of nitrogens with one attached hydrogen (secondary N) is 2. The van der Waals surface area contributed by atoms with E-state index in [0.717, 1.165) is 115 Å². The molecule has 8 heteroatoms. The molecule has 1 fully saturated rings. The molecule has 336 valence electrons. The van der Waals surface area contributed by atoms with Crippen molar-refractivity contribution < 1.29 is 19.0 Å². The SMILES string of the molecule is O=C(OC[C@]1(O)CCCC[C@@H]1CC[C@@H]1Cc2nc1c(-c1ccccc1)c1ccc([nH]1)c(-c1ccccc1)c1nc(c(-c3ccccc3)c3ccc([nH]3)c2-c2ccccc2)C=C1)c1ccc(F)cc1. The van der Waals surface area contributed by atoms with Crippen molar-refractivity contribution >= 4 is 40.2 Å². The number of aromatic nitrogens is 4. The molecule has 5 heterocycles. The molecule has 0 radical (unpaired) electrons. The second-order valence-corrected chi connectivity index (χ2v) is 18.3. The van der Waals surface area contributed by atoms with Gasteiger partial charge in [-0.3, -0.25) is 4.98 Å². The van der Waals surface area contributed by atoms with Crippen molar-refractivity contribution in [3.8, 4) is 44.5 Å². The van der Waals surface area contributed by atoms with Gasteiger partial charge in [0.25, 0.3) is 0 Å². The molecule has 0 saturated heterocycles. The summed E-state index contributed by atoms with van der Waals surface area (Å²) < 4.78 is 19.5. The van der Waals surface area contributed by atoms with Gasteiger partial charge < -0.3 is 19.8 Å². The molecule has 2 aliphatic heterocycles. The number of nitrogens with zero attached hydrogens (tertiary/aromatic N) is 2. The lowest BCUT2D eigenvalue weighted by molar-refractivity contribution is -0.0940. The van der Waals surface area contributed by atoms with Crippen LogP contribution in [-0.2, 0) is 11.2 Å². The fourth-order valence-electron chi connectivity index (χ4n) is 10.7. The van der Waals surface area contributed by atoms with Gasteiger partial charge >= 0.3 is 5.97 Å². The van der Waals surface area contributed by atoms with Crippen LogP contribution < -0.4 is 0 Å². The van der Waals surface area contributed by atoms with E-state index >= 15 is 0 Å². The number of halogens is 1. The Balaban J connectivity index is 1.12. The number of H-pyrrole nitrogens is 2. The molecule has 0 spiro atoms. The summed E-state index contributed by atoms with van der Waals surface area (Å²) in [5.74, 6) is -1.12. The van der Waals surface area contributed by atoms with Crippen LogP contribution in [0.1, 0.15) is 77.6 Å². The number of ether oxygens (including phenoxy) is 1. The molecule has 8 aromatic rings. The Bertz CT molecular complexity index is 3310. The molecule has 5 aromatic carbocycles. The lowest BCUT2D eigenvalue weighted by atomic mass is 9.72. The van der Waals surface area contributed by atoms with Crippen LogP contribution in [0.5, 0.6) is 0 Å². The molecule has 0 amide bonds. The molecule has 7 nitrogen and oxygen atoms in total. The third-order valence-electron chi connectivity index (χ3n) is 14.0. The Kier molecular flexibility index (Phi) is 11.7. The fraction of sp³-hybridized carbons (Fsp3) is 0.183. The molecule has 1 aliphatic carbocycles. The summed E-state index contributed by atoms with van der Waals surface area (Å²) in [7, 11) is 0. The van der Waals surface area contributed by atoms with E-state index in [0.29, 0.717) is 19.3 Å². The van der Waals surface area contributed by atoms with Crippen molar-refractivity contribution in [2.45, 2.75) is 56.5 Å². The van der Waals surface area contributed by atoms with Crippen LogP contribution in [0, 0.1) is 11.7 Å². The van der Waals surface area contributed by atoms with Gasteiger partial charge in [-0.1, -0.05) is 134 Å². The zero-order chi connectivity index (χ0) is 46.0. The number of carbonyl (C=O) groups excluding carboxylic acids is 1. The Morgan fingerprint density at radius 2 is 1.07 bits per heavy atom. The first-order valence-corrected chi connectivity index (χ1v) is 23.7. The van der Waals surface area contributed by atoms with Crippen LogP contribution in [0.2, 0.25) is 0 Å². The molecule has 3 atom stereocenters. The van der Waals surface area contributed by atoms with Gasteiger partial charge in [-0.2, -0.15) is 0 Å². The maximum Gasteiger partial charge on any atom is 0.338 e. The predicted octanol–water partition coefficient (Wildman–Crippen LogP) is 14.2. The molecule has 11 rings (SSSR count). The van der Waals surface area contributed by atoms with E-state index < -0.39 is 17.4 Å². The average Bonchev–Trinajstić information content (AvgIpc) is 4.23. The van der Waals surface area contributed by atoms with Gasteiger partial charge in [-0.25, -0.2) is 14.2 Å². The van der Waals surface area contributed by atoms with Gasteiger partial charge in [-0.15, -0.1) is 0 Å². The zero-order valence-corrected chi connectivity index (χ0v) is 37.7. The Morgan fingerprint density at radius 1 is 0.588 bits per heavy atom. The van der Waals surface area contributed by atoms with Crippen LogP contribution in [0.3, 0.4) is 0 Å². The van der Waals surface area contributed by atoms with Crippen LogP contribution >= 0.6 is 0 Å². The highest BCUT2D eigenvalue weighted by molar-refractivity contribution is 5.97. The van der Waals surface area contributed by atoms with E-state index in [9.17, 15) is 14.3 Å². The van der Waals surface area contributed by atoms with E-state index in [1.54, 1.807) is 0 Å². The summed E-state index contributed by atoms with van der Waals surface area (Å²) >= 11 is 0. The number of hydrogen-bond donors (Lipinski definition) is 3. The summed E-state index contributed by atoms with van der Waals surface area (Å²) in [5, 5.41) is 12.4. The minimum Gasteiger partial charge on any atom is -0.459 e. The number of fused-ring (bicyclic) bond motifs is 8. The maximum atomic E-state index is 13.7. The van der Waals surface area contributed by atoms with Crippen molar-refractivity contribution in [1.29, 1.82) is 0 Å². The Morgan fingerprint density at radius 3 is 1.62 bits per heavy atom.